The normalized spacial score (nSPS) is 13.6. The Bertz CT molecular complexity index is 503. The van der Waals surface area contributed by atoms with E-state index in [1.807, 2.05) is 0 Å². The summed E-state index contributed by atoms with van der Waals surface area (Å²) in [5, 5.41) is 0. The second-order valence-corrected chi connectivity index (χ2v) is 4.25. The lowest BCUT2D eigenvalue weighted by molar-refractivity contribution is -0.150. The van der Waals surface area contributed by atoms with Gasteiger partial charge in [0.15, 0.2) is 6.10 Å². The predicted octanol–water partition coefficient (Wildman–Crippen LogP) is 4.05. The van der Waals surface area contributed by atoms with E-state index < -0.39 is 41.3 Å². The van der Waals surface area contributed by atoms with E-state index >= 15 is 0 Å². The zero-order valence-corrected chi connectivity index (χ0v) is 11.5. The Labute approximate surface area is 121 Å². The van der Waals surface area contributed by atoms with Crippen LogP contribution in [0.5, 0.6) is 5.75 Å². The second-order valence-electron chi connectivity index (χ2n) is 4.25. The van der Waals surface area contributed by atoms with Gasteiger partial charge in [-0.1, -0.05) is 0 Å². The SMILES string of the molecule is CCOC(=O)[C@@H](C)Oc1cc(C(F)(F)F)cc(C(F)(F)F)c1. The number of benzene rings is 1. The van der Waals surface area contributed by atoms with Crippen molar-refractivity contribution in [2.45, 2.75) is 32.3 Å². The molecule has 0 aliphatic heterocycles. The molecule has 0 bridgehead atoms. The molecule has 0 unspecified atom stereocenters. The number of halogens is 6. The molecule has 1 rings (SSSR count). The molecule has 0 saturated carbocycles. The highest BCUT2D eigenvalue weighted by Crippen LogP contribution is 2.38. The zero-order valence-electron chi connectivity index (χ0n) is 11.5. The Kier molecular flexibility index (Phi) is 5.31. The van der Waals surface area contributed by atoms with Crippen LogP contribution in [0.4, 0.5) is 26.3 Å². The van der Waals surface area contributed by atoms with Crippen molar-refractivity contribution in [3.8, 4) is 5.75 Å². The largest absolute Gasteiger partial charge is 0.479 e. The molecule has 22 heavy (non-hydrogen) atoms. The Balaban J connectivity index is 3.16. The zero-order chi connectivity index (χ0) is 17.1. The van der Waals surface area contributed by atoms with Crippen LogP contribution in [0.15, 0.2) is 18.2 Å². The summed E-state index contributed by atoms with van der Waals surface area (Å²) in [5.41, 5.74) is -3.04. The van der Waals surface area contributed by atoms with E-state index in [0.717, 1.165) is 6.92 Å². The van der Waals surface area contributed by atoms with Crippen molar-refractivity contribution in [1.29, 1.82) is 0 Å². The van der Waals surface area contributed by atoms with Crippen molar-refractivity contribution in [2.24, 2.45) is 0 Å². The van der Waals surface area contributed by atoms with Crippen LogP contribution in [0.1, 0.15) is 25.0 Å². The molecular formula is C13H12F6O3. The van der Waals surface area contributed by atoms with E-state index in [4.69, 9.17) is 4.74 Å². The Morgan fingerprint density at radius 3 is 1.86 bits per heavy atom. The van der Waals surface area contributed by atoms with E-state index in [9.17, 15) is 31.1 Å². The number of hydrogen-bond donors (Lipinski definition) is 0. The maximum atomic E-state index is 12.6. The fourth-order valence-electron chi connectivity index (χ4n) is 1.51. The number of carbonyl (C=O) groups is 1. The highest BCUT2D eigenvalue weighted by molar-refractivity contribution is 5.74. The van der Waals surface area contributed by atoms with E-state index in [-0.39, 0.29) is 12.7 Å². The van der Waals surface area contributed by atoms with E-state index in [1.165, 1.54) is 6.92 Å². The molecule has 124 valence electrons. The summed E-state index contributed by atoms with van der Waals surface area (Å²) in [4.78, 5) is 11.3. The molecule has 0 fully saturated rings. The number of esters is 1. The van der Waals surface area contributed by atoms with Gasteiger partial charge in [0.25, 0.3) is 0 Å². The summed E-state index contributed by atoms with van der Waals surface area (Å²) in [6.45, 7) is 2.66. The maximum absolute atomic E-state index is 12.6. The summed E-state index contributed by atoms with van der Waals surface area (Å²) >= 11 is 0. The molecule has 1 aromatic rings. The minimum absolute atomic E-state index is 0.00290. The highest BCUT2D eigenvalue weighted by atomic mass is 19.4. The molecule has 0 amide bonds. The highest BCUT2D eigenvalue weighted by Gasteiger charge is 2.37. The number of hydrogen-bond acceptors (Lipinski definition) is 3. The summed E-state index contributed by atoms with van der Waals surface area (Å²) in [6, 6.07) is 0.762. The standard InChI is InChI=1S/C13H12F6O3/c1-3-21-11(20)7(2)22-10-5-8(12(14,15)16)4-9(6-10)13(17,18)19/h4-7H,3H2,1-2H3/t7-/m1/s1. The smallest absolute Gasteiger partial charge is 0.416 e. The topological polar surface area (TPSA) is 35.5 Å². The van der Waals surface area contributed by atoms with Gasteiger partial charge in [0.05, 0.1) is 17.7 Å². The molecule has 0 saturated heterocycles. The molecular weight excluding hydrogens is 318 g/mol. The van der Waals surface area contributed by atoms with Crippen molar-refractivity contribution in [1.82, 2.24) is 0 Å². The Morgan fingerprint density at radius 1 is 1.05 bits per heavy atom. The molecule has 9 heteroatoms. The minimum Gasteiger partial charge on any atom is -0.479 e. The number of alkyl halides is 6. The first kappa shape index (κ1) is 18.1. The van der Waals surface area contributed by atoms with Gasteiger partial charge in [0.1, 0.15) is 5.75 Å². The van der Waals surface area contributed by atoms with Crippen LogP contribution in [-0.4, -0.2) is 18.7 Å². The lowest BCUT2D eigenvalue weighted by atomic mass is 10.1. The van der Waals surface area contributed by atoms with Gasteiger partial charge in [0, 0.05) is 0 Å². The fraction of sp³-hybridized carbons (Fsp3) is 0.462. The van der Waals surface area contributed by atoms with Gasteiger partial charge in [0.2, 0.25) is 0 Å². The predicted molar refractivity (Wildman–Crippen MR) is 63.2 cm³/mol. The van der Waals surface area contributed by atoms with Crippen LogP contribution in [0.25, 0.3) is 0 Å². The maximum Gasteiger partial charge on any atom is 0.416 e. The average Bonchev–Trinajstić information content (AvgIpc) is 2.36. The van der Waals surface area contributed by atoms with Gasteiger partial charge in [-0.3, -0.25) is 0 Å². The third-order valence-corrected chi connectivity index (χ3v) is 2.49. The summed E-state index contributed by atoms with van der Waals surface area (Å²) in [6.07, 6.45) is -11.3. The van der Waals surface area contributed by atoms with Gasteiger partial charge in [-0.15, -0.1) is 0 Å². The fourth-order valence-corrected chi connectivity index (χ4v) is 1.51. The molecule has 0 aromatic heterocycles. The van der Waals surface area contributed by atoms with Crippen molar-refractivity contribution in [2.75, 3.05) is 6.61 Å². The summed E-state index contributed by atoms with van der Waals surface area (Å²) in [5.74, 6) is -1.61. The van der Waals surface area contributed by atoms with Crippen molar-refractivity contribution in [3.63, 3.8) is 0 Å². The number of carbonyl (C=O) groups excluding carboxylic acids is 1. The Hall–Kier alpha value is -1.93. The monoisotopic (exact) mass is 330 g/mol. The lowest BCUT2D eigenvalue weighted by Crippen LogP contribution is -2.26. The molecule has 0 spiro atoms. The van der Waals surface area contributed by atoms with Gasteiger partial charge < -0.3 is 9.47 Å². The third kappa shape index (κ3) is 4.81. The lowest BCUT2D eigenvalue weighted by Gasteiger charge is -2.17. The minimum atomic E-state index is -4.98. The van der Waals surface area contributed by atoms with Crippen LogP contribution < -0.4 is 4.74 Å². The first-order valence-electron chi connectivity index (χ1n) is 6.08. The molecule has 0 radical (unpaired) electrons. The molecule has 0 heterocycles. The molecule has 0 N–H and O–H groups in total. The first-order valence-corrected chi connectivity index (χ1v) is 6.08. The van der Waals surface area contributed by atoms with Crippen molar-refractivity contribution in [3.05, 3.63) is 29.3 Å². The van der Waals surface area contributed by atoms with Crippen LogP contribution in [0, 0.1) is 0 Å². The summed E-state index contributed by atoms with van der Waals surface area (Å²) in [7, 11) is 0. The summed E-state index contributed by atoms with van der Waals surface area (Å²) < 4.78 is 85.2. The first-order chi connectivity index (χ1) is 9.95. The van der Waals surface area contributed by atoms with Crippen molar-refractivity contribution < 1.29 is 40.6 Å². The molecule has 0 aliphatic rings. The molecule has 3 nitrogen and oxygen atoms in total. The van der Waals surface area contributed by atoms with Gasteiger partial charge in [-0.25, -0.2) is 4.79 Å². The van der Waals surface area contributed by atoms with E-state index in [1.54, 1.807) is 0 Å². The van der Waals surface area contributed by atoms with Gasteiger partial charge >= 0.3 is 18.3 Å². The second kappa shape index (κ2) is 6.45. The Morgan fingerprint density at radius 2 is 1.50 bits per heavy atom. The average molecular weight is 330 g/mol. The number of ether oxygens (including phenoxy) is 2. The van der Waals surface area contributed by atoms with Gasteiger partial charge in [-0.05, 0) is 32.0 Å². The van der Waals surface area contributed by atoms with Crippen LogP contribution in [0.2, 0.25) is 0 Å². The van der Waals surface area contributed by atoms with Gasteiger partial charge in [-0.2, -0.15) is 26.3 Å². The molecule has 1 aromatic carbocycles. The molecule has 1 atom stereocenters. The number of rotatable bonds is 4. The van der Waals surface area contributed by atoms with E-state index in [2.05, 4.69) is 4.74 Å². The van der Waals surface area contributed by atoms with Crippen molar-refractivity contribution >= 4 is 5.97 Å². The van der Waals surface area contributed by atoms with Crippen LogP contribution in [0.3, 0.4) is 0 Å². The van der Waals surface area contributed by atoms with E-state index in [0.29, 0.717) is 12.1 Å². The van der Waals surface area contributed by atoms with Crippen LogP contribution >= 0.6 is 0 Å². The quantitative estimate of drug-likeness (QED) is 0.617. The molecule has 0 aliphatic carbocycles. The van der Waals surface area contributed by atoms with Crippen LogP contribution in [-0.2, 0) is 21.9 Å². The third-order valence-electron chi connectivity index (χ3n) is 2.49.